The van der Waals surface area contributed by atoms with Gasteiger partial charge in [0.1, 0.15) is 5.76 Å². The number of nitrogens with one attached hydrogen (secondary N) is 2. The molecule has 1 heterocycles. The van der Waals surface area contributed by atoms with Crippen molar-refractivity contribution in [1.82, 2.24) is 5.32 Å². The number of carbonyl (C=O) groups excluding carboxylic acids is 2. The van der Waals surface area contributed by atoms with Gasteiger partial charge in [0.05, 0.1) is 18.7 Å². The van der Waals surface area contributed by atoms with E-state index in [4.69, 9.17) is 4.42 Å². The maximum Gasteiger partial charge on any atom is 0.243 e. The molecule has 27 heavy (non-hydrogen) atoms. The van der Waals surface area contributed by atoms with Gasteiger partial charge in [0, 0.05) is 12.1 Å². The number of hydrogen-bond acceptors (Lipinski definition) is 3. The number of benzene rings is 2. The number of carbonyl (C=O) groups is 2. The van der Waals surface area contributed by atoms with Crippen LogP contribution in [0, 0.1) is 6.92 Å². The highest BCUT2D eigenvalue weighted by atomic mass is 16.3. The smallest absolute Gasteiger partial charge is 0.243 e. The van der Waals surface area contributed by atoms with Gasteiger partial charge in [0.2, 0.25) is 11.8 Å². The first-order valence-electron chi connectivity index (χ1n) is 8.83. The zero-order valence-electron chi connectivity index (χ0n) is 15.1. The first-order valence-corrected chi connectivity index (χ1v) is 8.83. The third-order valence-corrected chi connectivity index (χ3v) is 4.26. The summed E-state index contributed by atoms with van der Waals surface area (Å²) in [6.45, 7) is 1.91. The normalized spacial score (nSPS) is 11.6. The number of aryl methyl sites for hydroxylation is 1. The van der Waals surface area contributed by atoms with Crippen molar-refractivity contribution in [3.05, 3.63) is 89.9 Å². The lowest BCUT2D eigenvalue weighted by Crippen LogP contribution is -2.36. The number of rotatable bonds is 7. The summed E-state index contributed by atoms with van der Waals surface area (Å²) in [4.78, 5) is 24.9. The number of hydrogen-bond donors (Lipinski definition) is 2. The second kappa shape index (κ2) is 8.85. The standard InChI is InChI=1S/C22H22N2O3/c1-16-9-11-17(12-10-16)20(14-19-8-5-13-27-19)22(26)23-15-21(25)24-18-6-3-2-4-7-18/h2-13,20H,14-15H2,1H3,(H,23,26)(H,24,25). The molecule has 0 spiro atoms. The average Bonchev–Trinajstić information content (AvgIpc) is 3.19. The van der Waals surface area contributed by atoms with Gasteiger partial charge >= 0.3 is 0 Å². The van der Waals surface area contributed by atoms with E-state index in [2.05, 4.69) is 10.6 Å². The fraction of sp³-hybridized carbons (Fsp3) is 0.182. The molecule has 1 atom stereocenters. The number of para-hydroxylation sites is 1. The van der Waals surface area contributed by atoms with Gasteiger partial charge in [0.25, 0.3) is 0 Å². The van der Waals surface area contributed by atoms with Crippen molar-refractivity contribution in [1.29, 1.82) is 0 Å². The molecule has 1 aromatic heterocycles. The van der Waals surface area contributed by atoms with Crippen molar-refractivity contribution in [3.63, 3.8) is 0 Å². The Hall–Kier alpha value is -3.34. The molecule has 3 rings (SSSR count). The van der Waals surface area contributed by atoms with Crippen LogP contribution in [-0.2, 0) is 16.0 Å². The summed E-state index contributed by atoms with van der Waals surface area (Å²) in [5.74, 6) is -0.181. The summed E-state index contributed by atoms with van der Waals surface area (Å²) in [5.41, 5.74) is 2.71. The topological polar surface area (TPSA) is 71.3 Å². The van der Waals surface area contributed by atoms with Crippen molar-refractivity contribution < 1.29 is 14.0 Å². The zero-order chi connectivity index (χ0) is 19.1. The second-order valence-corrected chi connectivity index (χ2v) is 6.38. The molecule has 2 aromatic carbocycles. The maximum absolute atomic E-state index is 12.8. The highest BCUT2D eigenvalue weighted by Crippen LogP contribution is 2.22. The number of furan rings is 1. The van der Waals surface area contributed by atoms with Gasteiger partial charge in [-0.3, -0.25) is 9.59 Å². The summed E-state index contributed by atoms with van der Waals surface area (Å²) < 4.78 is 5.40. The second-order valence-electron chi connectivity index (χ2n) is 6.38. The molecule has 0 aliphatic carbocycles. The molecular formula is C22H22N2O3. The molecule has 0 aliphatic heterocycles. The van der Waals surface area contributed by atoms with Gasteiger partial charge in [0.15, 0.2) is 0 Å². The maximum atomic E-state index is 12.8. The van der Waals surface area contributed by atoms with Crippen LogP contribution in [-0.4, -0.2) is 18.4 Å². The van der Waals surface area contributed by atoms with E-state index in [0.717, 1.165) is 16.9 Å². The molecule has 0 bridgehead atoms. The van der Waals surface area contributed by atoms with Gasteiger partial charge < -0.3 is 15.1 Å². The molecule has 5 heteroatoms. The molecule has 2 N–H and O–H groups in total. The van der Waals surface area contributed by atoms with Crippen LogP contribution < -0.4 is 10.6 Å². The average molecular weight is 362 g/mol. The monoisotopic (exact) mass is 362 g/mol. The van der Waals surface area contributed by atoms with Gasteiger partial charge in [-0.1, -0.05) is 48.0 Å². The lowest BCUT2D eigenvalue weighted by Gasteiger charge is -2.16. The van der Waals surface area contributed by atoms with Crippen LogP contribution in [0.4, 0.5) is 5.69 Å². The molecule has 5 nitrogen and oxygen atoms in total. The number of anilines is 1. The third-order valence-electron chi connectivity index (χ3n) is 4.26. The predicted molar refractivity (Wildman–Crippen MR) is 104 cm³/mol. The van der Waals surface area contributed by atoms with E-state index >= 15 is 0 Å². The Morgan fingerprint density at radius 2 is 1.70 bits per heavy atom. The molecule has 0 saturated heterocycles. The van der Waals surface area contributed by atoms with Crippen molar-refractivity contribution in [3.8, 4) is 0 Å². The molecule has 0 radical (unpaired) electrons. The highest BCUT2D eigenvalue weighted by Gasteiger charge is 2.22. The van der Waals surface area contributed by atoms with E-state index in [0.29, 0.717) is 12.1 Å². The molecular weight excluding hydrogens is 340 g/mol. The summed E-state index contributed by atoms with van der Waals surface area (Å²) in [5, 5.41) is 5.49. The summed E-state index contributed by atoms with van der Waals surface area (Å²) in [7, 11) is 0. The van der Waals surface area contributed by atoms with E-state index in [1.54, 1.807) is 24.5 Å². The van der Waals surface area contributed by atoms with Gasteiger partial charge in [-0.05, 0) is 36.8 Å². The lowest BCUT2D eigenvalue weighted by atomic mass is 9.93. The minimum absolute atomic E-state index is 0.0890. The van der Waals surface area contributed by atoms with E-state index < -0.39 is 5.92 Å². The Kier molecular flexibility index (Phi) is 6.05. The summed E-state index contributed by atoms with van der Waals surface area (Å²) >= 11 is 0. The van der Waals surface area contributed by atoms with Crippen LogP contribution in [0.5, 0.6) is 0 Å². The summed E-state index contributed by atoms with van der Waals surface area (Å²) in [6, 6.07) is 20.6. The van der Waals surface area contributed by atoms with E-state index in [1.165, 1.54) is 0 Å². The molecule has 3 aromatic rings. The van der Waals surface area contributed by atoms with Gasteiger partial charge in [-0.2, -0.15) is 0 Å². The molecule has 138 valence electrons. The third kappa shape index (κ3) is 5.31. The Morgan fingerprint density at radius 1 is 0.963 bits per heavy atom. The zero-order valence-corrected chi connectivity index (χ0v) is 15.1. The molecule has 2 amide bonds. The largest absolute Gasteiger partial charge is 0.469 e. The van der Waals surface area contributed by atoms with Gasteiger partial charge in [-0.15, -0.1) is 0 Å². The quantitative estimate of drug-likeness (QED) is 0.674. The van der Waals surface area contributed by atoms with Crippen molar-refractivity contribution in [2.24, 2.45) is 0 Å². The molecule has 0 fully saturated rings. The van der Waals surface area contributed by atoms with E-state index in [9.17, 15) is 9.59 Å². The fourth-order valence-corrected chi connectivity index (χ4v) is 2.81. The first kappa shape index (κ1) is 18.5. The van der Waals surface area contributed by atoms with Crippen LogP contribution in [0.3, 0.4) is 0 Å². The lowest BCUT2D eigenvalue weighted by molar-refractivity contribution is -0.125. The van der Waals surface area contributed by atoms with Crippen LogP contribution in [0.25, 0.3) is 0 Å². The first-order chi connectivity index (χ1) is 13.1. The molecule has 0 aliphatic rings. The molecule has 1 unspecified atom stereocenters. The van der Waals surface area contributed by atoms with Crippen LogP contribution >= 0.6 is 0 Å². The highest BCUT2D eigenvalue weighted by molar-refractivity contribution is 5.95. The Morgan fingerprint density at radius 3 is 2.37 bits per heavy atom. The van der Waals surface area contributed by atoms with Gasteiger partial charge in [-0.25, -0.2) is 0 Å². The van der Waals surface area contributed by atoms with Crippen molar-refractivity contribution >= 4 is 17.5 Å². The van der Waals surface area contributed by atoms with E-state index in [-0.39, 0.29) is 18.4 Å². The minimum atomic E-state index is -0.429. The van der Waals surface area contributed by atoms with Crippen LogP contribution in [0.15, 0.2) is 77.4 Å². The Balaban J connectivity index is 1.65. The van der Waals surface area contributed by atoms with Crippen molar-refractivity contribution in [2.75, 3.05) is 11.9 Å². The predicted octanol–water partition coefficient (Wildman–Crippen LogP) is 3.67. The van der Waals surface area contributed by atoms with Crippen LogP contribution in [0.1, 0.15) is 22.8 Å². The minimum Gasteiger partial charge on any atom is -0.469 e. The Bertz CT molecular complexity index is 872. The van der Waals surface area contributed by atoms with Crippen LogP contribution in [0.2, 0.25) is 0 Å². The molecule has 0 saturated carbocycles. The SMILES string of the molecule is Cc1ccc(C(Cc2ccco2)C(=O)NCC(=O)Nc2ccccc2)cc1. The number of amides is 2. The van der Waals surface area contributed by atoms with Crippen molar-refractivity contribution in [2.45, 2.75) is 19.3 Å². The van der Waals surface area contributed by atoms with E-state index in [1.807, 2.05) is 55.5 Å². The summed E-state index contributed by atoms with van der Waals surface area (Å²) in [6.07, 6.45) is 2.02. The fourth-order valence-electron chi connectivity index (χ4n) is 2.81. The Labute approximate surface area is 158 Å².